The van der Waals surface area contributed by atoms with Gasteiger partial charge in [0.1, 0.15) is 24.0 Å². The van der Waals surface area contributed by atoms with E-state index in [-0.39, 0.29) is 12.4 Å². The van der Waals surface area contributed by atoms with Crippen molar-refractivity contribution in [2.45, 2.75) is 24.9 Å². The highest BCUT2D eigenvalue weighted by molar-refractivity contribution is 5.34. The summed E-state index contributed by atoms with van der Waals surface area (Å²) in [6.45, 7) is 0.682. The van der Waals surface area contributed by atoms with Crippen molar-refractivity contribution in [1.29, 1.82) is 0 Å². The summed E-state index contributed by atoms with van der Waals surface area (Å²) in [7, 11) is 0. The van der Waals surface area contributed by atoms with Crippen LogP contribution in [0.25, 0.3) is 0 Å². The molecule has 1 aromatic carbocycles. The molecule has 0 aliphatic heterocycles. The normalized spacial score (nSPS) is 14.6. The van der Waals surface area contributed by atoms with Crippen LogP contribution in [0.3, 0.4) is 0 Å². The van der Waals surface area contributed by atoms with E-state index in [0.29, 0.717) is 18.3 Å². The first-order valence-electron chi connectivity index (χ1n) is 7.39. The number of alkyl halides is 3. The Morgan fingerprint density at radius 1 is 1.22 bits per heavy atom. The molecule has 4 nitrogen and oxygen atoms in total. The summed E-state index contributed by atoms with van der Waals surface area (Å²) >= 11 is 0. The van der Waals surface area contributed by atoms with Gasteiger partial charge >= 0.3 is 6.18 Å². The number of hydrogen-bond donors (Lipinski definition) is 1. The lowest BCUT2D eigenvalue weighted by atomic mass is 10.2. The largest absolute Gasteiger partial charge is 0.492 e. The molecule has 1 fully saturated rings. The summed E-state index contributed by atoms with van der Waals surface area (Å²) in [4.78, 5) is 8.62. The van der Waals surface area contributed by atoms with Crippen LogP contribution < -0.4 is 10.1 Å². The maximum atomic E-state index is 12.6. The van der Waals surface area contributed by atoms with E-state index >= 15 is 0 Å². The molecule has 0 bridgehead atoms. The van der Waals surface area contributed by atoms with Crippen LogP contribution in [0.15, 0.2) is 36.5 Å². The SMILES string of the molecule is FC(F)(F)c1cccc(OCCNc2ccnc(C3CC3)n2)c1. The molecular formula is C16H16F3N3O. The van der Waals surface area contributed by atoms with Gasteiger partial charge in [-0.15, -0.1) is 0 Å². The number of nitrogens with zero attached hydrogens (tertiary/aromatic N) is 2. The minimum Gasteiger partial charge on any atom is -0.492 e. The minimum atomic E-state index is -4.36. The Bertz CT molecular complexity index is 672. The maximum Gasteiger partial charge on any atom is 0.416 e. The van der Waals surface area contributed by atoms with Crippen molar-refractivity contribution in [3.63, 3.8) is 0 Å². The molecule has 1 heterocycles. The van der Waals surface area contributed by atoms with Crippen LogP contribution in [0.5, 0.6) is 5.75 Å². The lowest BCUT2D eigenvalue weighted by Crippen LogP contribution is -2.13. The zero-order valence-corrected chi connectivity index (χ0v) is 12.3. The summed E-state index contributed by atoms with van der Waals surface area (Å²) < 4.78 is 43.2. The van der Waals surface area contributed by atoms with Crippen molar-refractivity contribution in [2.75, 3.05) is 18.5 Å². The van der Waals surface area contributed by atoms with Crippen LogP contribution in [0, 0.1) is 0 Å². The third-order valence-electron chi connectivity index (χ3n) is 3.45. The van der Waals surface area contributed by atoms with Crippen LogP contribution in [0.4, 0.5) is 19.0 Å². The monoisotopic (exact) mass is 323 g/mol. The number of anilines is 1. The average Bonchev–Trinajstić information content (AvgIpc) is 3.36. The Balaban J connectivity index is 1.49. The minimum absolute atomic E-state index is 0.197. The molecule has 3 rings (SSSR count). The van der Waals surface area contributed by atoms with E-state index in [2.05, 4.69) is 15.3 Å². The van der Waals surface area contributed by atoms with Gasteiger partial charge in [0.05, 0.1) is 12.1 Å². The molecule has 0 spiro atoms. The predicted octanol–water partition coefficient (Wildman–Crippen LogP) is 3.86. The Morgan fingerprint density at radius 3 is 2.78 bits per heavy atom. The standard InChI is InChI=1S/C16H16F3N3O/c17-16(18,19)12-2-1-3-13(10-12)23-9-8-20-14-6-7-21-15(22-14)11-4-5-11/h1-3,6-7,10-11H,4-5,8-9H2,(H,20,21,22). The second-order valence-electron chi connectivity index (χ2n) is 5.38. The van der Waals surface area contributed by atoms with E-state index in [1.165, 1.54) is 12.1 Å². The van der Waals surface area contributed by atoms with Crippen LogP contribution in [0.1, 0.15) is 30.1 Å². The zero-order chi connectivity index (χ0) is 16.3. The highest BCUT2D eigenvalue weighted by Crippen LogP contribution is 2.38. The number of halogens is 3. The van der Waals surface area contributed by atoms with E-state index in [4.69, 9.17) is 4.74 Å². The molecule has 122 valence electrons. The lowest BCUT2D eigenvalue weighted by Gasteiger charge is -2.11. The van der Waals surface area contributed by atoms with E-state index in [0.717, 1.165) is 30.8 Å². The summed E-state index contributed by atoms with van der Waals surface area (Å²) in [5.74, 6) is 2.21. The third-order valence-corrected chi connectivity index (χ3v) is 3.45. The first kappa shape index (κ1) is 15.6. The number of rotatable bonds is 6. The fraction of sp³-hybridized carbons (Fsp3) is 0.375. The van der Waals surface area contributed by atoms with Crippen molar-refractivity contribution in [3.8, 4) is 5.75 Å². The highest BCUT2D eigenvalue weighted by atomic mass is 19.4. The van der Waals surface area contributed by atoms with Crippen molar-refractivity contribution in [3.05, 3.63) is 47.9 Å². The quantitative estimate of drug-likeness (QED) is 0.820. The van der Waals surface area contributed by atoms with Gasteiger partial charge in [-0.3, -0.25) is 0 Å². The van der Waals surface area contributed by atoms with Crippen molar-refractivity contribution < 1.29 is 17.9 Å². The topological polar surface area (TPSA) is 47.0 Å². The van der Waals surface area contributed by atoms with Crippen molar-refractivity contribution in [2.24, 2.45) is 0 Å². The highest BCUT2D eigenvalue weighted by Gasteiger charge is 2.30. The summed E-state index contributed by atoms with van der Waals surface area (Å²) in [5, 5.41) is 3.08. The zero-order valence-electron chi connectivity index (χ0n) is 12.3. The van der Waals surface area contributed by atoms with Crippen LogP contribution >= 0.6 is 0 Å². The fourth-order valence-corrected chi connectivity index (χ4v) is 2.12. The first-order chi connectivity index (χ1) is 11.0. The van der Waals surface area contributed by atoms with Crippen LogP contribution in [-0.2, 0) is 6.18 Å². The average molecular weight is 323 g/mol. The van der Waals surface area contributed by atoms with Gasteiger partial charge < -0.3 is 10.1 Å². The van der Waals surface area contributed by atoms with Crippen LogP contribution in [-0.4, -0.2) is 23.1 Å². The molecule has 23 heavy (non-hydrogen) atoms. The van der Waals surface area contributed by atoms with Gasteiger partial charge in [0.2, 0.25) is 0 Å². The van der Waals surface area contributed by atoms with Gasteiger partial charge in [-0.1, -0.05) is 6.07 Å². The summed E-state index contributed by atoms with van der Waals surface area (Å²) in [6.07, 6.45) is -0.404. The second-order valence-corrected chi connectivity index (χ2v) is 5.38. The smallest absolute Gasteiger partial charge is 0.416 e. The van der Waals surface area contributed by atoms with Gasteiger partial charge in [0.25, 0.3) is 0 Å². The molecule has 1 aromatic heterocycles. The number of benzene rings is 1. The third kappa shape index (κ3) is 4.34. The molecule has 2 aromatic rings. The predicted molar refractivity (Wildman–Crippen MR) is 79.4 cm³/mol. The number of hydrogen-bond acceptors (Lipinski definition) is 4. The van der Waals surface area contributed by atoms with E-state index in [1.807, 2.05) is 0 Å². The van der Waals surface area contributed by atoms with Crippen molar-refractivity contribution in [1.82, 2.24) is 9.97 Å². The van der Waals surface area contributed by atoms with Gasteiger partial charge in [-0.05, 0) is 37.1 Å². The molecule has 0 radical (unpaired) electrons. The Kier molecular flexibility index (Phi) is 4.36. The second kappa shape index (κ2) is 6.44. The van der Waals surface area contributed by atoms with E-state index < -0.39 is 11.7 Å². The fourth-order valence-electron chi connectivity index (χ4n) is 2.12. The van der Waals surface area contributed by atoms with E-state index in [1.54, 1.807) is 12.3 Å². The Morgan fingerprint density at radius 2 is 2.04 bits per heavy atom. The van der Waals surface area contributed by atoms with Gasteiger partial charge in [0.15, 0.2) is 0 Å². The molecule has 0 amide bonds. The molecule has 0 atom stereocenters. The molecule has 1 saturated carbocycles. The molecule has 1 aliphatic rings. The molecule has 1 N–H and O–H groups in total. The molecule has 7 heteroatoms. The summed E-state index contributed by atoms with van der Waals surface area (Å²) in [5.41, 5.74) is -0.715. The number of aromatic nitrogens is 2. The number of ether oxygens (including phenoxy) is 1. The molecule has 1 aliphatic carbocycles. The Labute approximate surface area is 131 Å². The summed E-state index contributed by atoms with van der Waals surface area (Å²) in [6, 6.07) is 6.61. The van der Waals surface area contributed by atoms with Gasteiger partial charge in [-0.2, -0.15) is 13.2 Å². The lowest BCUT2D eigenvalue weighted by molar-refractivity contribution is -0.137. The van der Waals surface area contributed by atoms with Crippen molar-refractivity contribution >= 4 is 5.82 Å². The Hall–Kier alpha value is -2.31. The molecular weight excluding hydrogens is 307 g/mol. The maximum absolute atomic E-state index is 12.6. The number of nitrogens with one attached hydrogen (secondary N) is 1. The molecule has 0 unspecified atom stereocenters. The molecule has 0 saturated heterocycles. The first-order valence-corrected chi connectivity index (χ1v) is 7.39. The van der Waals surface area contributed by atoms with Gasteiger partial charge in [-0.25, -0.2) is 9.97 Å². The van der Waals surface area contributed by atoms with E-state index in [9.17, 15) is 13.2 Å². The van der Waals surface area contributed by atoms with Gasteiger partial charge in [0, 0.05) is 12.1 Å². The van der Waals surface area contributed by atoms with Crippen LogP contribution in [0.2, 0.25) is 0 Å².